The number of aromatic amines is 1. The van der Waals surface area contributed by atoms with Gasteiger partial charge in [0.25, 0.3) is 5.56 Å². The third kappa shape index (κ3) is 3.50. The Kier molecular flexibility index (Phi) is 4.75. The number of methoxy groups -OCH3 is 1. The zero-order chi connectivity index (χ0) is 17.8. The SMILES string of the molecule is COc1ccccc1-c1c(C)n[nH]c(=O)c1/C=C/c1cccc(F)c1. The van der Waals surface area contributed by atoms with Crippen LogP contribution >= 0.6 is 0 Å². The Bertz CT molecular complexity index is 993. The molecule has 0 radical (unpaired) electrons. The second-order valence-electron chi connectivity index (χ2n) is 5.52. The van der Waals surface area contributed by atoms with Crippen molar-refractivity contribution in [2.45, 2.75) is 6.92 Å². The van der Waals surface area contributed by atoms with Crippen LogP contribution in [0.3, 0.4) is 0 Å². The molecule has 0 fully saturated rings. The molecule has 0 unspecified atom stereocenters. The molecule has 0 aliphatic heterocycles. The lowest BCUT2D eigenvalue weighted by Crippen LogP contribution is -2.14. The van der Waals surface area contributed by atoms with E-state index in [1.165, 1.54) is 12.1 Å². The van der Waals surface area contributed by atoms with Gasteiger partial charge >= 0.3 is 0 Å². The van der Waals surface area contributed by atoms with Gasteiger partial charge in [-0.15, -0.1) is 0 Å². The molecule has 0 saturated heterocycles. The smallest absolute Gasteiger partial charge is 0.272 e. The molecular formula is C20H17FN2O2. The van der Waals surface area contributed by atoms with Crippen LogP contribution in [0.25, 0.3) is 23.3 Å². The maximum Gasteiger partial charge on any atom is 0.272 e. The number of ether oxygens (including phenoxy) is 1. The fraction of sp³-hybridized carbons (Fsp3) is 0.100. The molecule has 0 saturated carbocycles. The number of para-hydroxylation sites is 1. The molecule has 5 heteroatoms. The molecule has 3 aromatic rings. The summed E-state index contributed by atoms with van der Waals surface area (Å²) in [5, 5.41) is 6.57. The number of nitrogens with one attached hydrogen (secondary N) is 1. The quantitative estimate of drug-likeness (QED) is 0.781. The zero-order valence-electron chi connectivity index (χ0n) is 13.9. The van der Waals surface area contributed by atoms with Gasteiger partial charge in [0.2, 0.25) is 0 Å². The molecule has 25 heavy (non-hydrogen) atoms. The summed E-state index contributed by atoms with van der Waals surface area (Å²) in [6, 6.07) is 13.6. The predicted molar refractivity (Wildman–Crippen MR) is 96.9 cm³/mol. The minimum Gasteiger partial charge on any atom is -0.496 e. The number of halogens is 1. The molecule has 0 atom stereocenters. The average Bonchev–Trinajstić information content (AvgIpc) is 2.62. The second kappa shape index (κ2) is 7.13. The highest BCUT2D eigenvalue weighted by molar-refractivity contribution is 5.83. The van der Waals surface area contributed by atoms with Gasteiger partial charge in [-0.05, 0) is 36.8 Å². The first-order valence-electron chi connectivity index (χ1n) is 7.76. The first kappa shape index (κ1) is 16.6. The third-order valence-electron chi connectivity index (χ3n) is 3.87. The highest BCUT2D eigenvalue weighted by atomic mass is 19.1. The normalized spacial score (nSPS) is 11.0. The summed E-state index contributed by atoms with van der Waals surface area (Å²) in [5.74, 6) is 0.324. The van der Waals surface area contributed by atoms with Crippen molar-refractivity contribution in [1.82, 2.24) is 10.2 Å². The summed E-state index contributed by atoms with van der Waals surface area (Å²) in [7, 11) is 1.58. The van der Waals surface area contributed by atoms with E-state index in [4.69, 9.17) is 4.74 Å². The number of H-pyrrole nitrogens is 1. The van der Waals surface area contributed by atoms with Gasteiger partial charge in [0.1, 0.15) is 11.6 Å². The van der Waals surface area contributed by atoms with E-state index in [2.05, 4.69) is 10.2 Å². The molecule has 3 rings (SSSR count). The lowest BCUT2D eigenvalue weighted by Gasteiger charge is -2.12. The fourth-order valence-electron chi connectivity index (χ4n) is 2.70. The van der Waals surface area contributed by atoms with Crippen molar-refractivity contribution in [1.29, 1.82) is 0 Å². The van der Waals surface area contributed by atoms with E-state index in [0.717, 1.165) is 5.56 Å². The lowest BCUT2D eigenvalue weighted by molar-refractivity contribution is 0.416. The molecule has 1 aromatic heterocycles. The Morgan fingerprint density at radius 1 is 1.12 bits per heavy atom. The van der Waals surface area contributed by atoms with Crippen LogP contribution in [0, 0.1) is 12.7 Å². The van der Waals surface area contributed by atoms with Crippen LogP contribution < -0.4 is 10.3 Å². The van der Waals surface area contributed by atoms with E-state index in [-0.39, 0.29) is 11.4 Å². The van der Waals surface area contributed by atoms with Crippen LogP contribution in [0.1, 0.15) is 16.8 Å². The van der Waals surface area contributed by atoms with Crippen LogP contribution in [-0.2, 0) is 0 Å². The van der Waals surface area contributed by atoms with E-state index in [9.17, 15) is 9.18 Å². The van der Waals surface area contributed by atoms with Gasteiger partial charge in [0.05, 0.1) is 18.4 Å². The Balaban J connectivity index is 2.17. The summed E-state index contributed by atoms with van der Waals surface area (Å²) in [5.41, 5.74) is 2.93. The lowest BCUT2D eigenvalue weighted by atomic mass is 9.98. The van der Waals surface area contributed by atoms with Crippen molar-refractivity contribution >= 4 is 12.2 Å². The standard InChI is InChI=1S/C20H17FN2O2/c1-13-19(16-8-3-4-9-18(16)25-2)17(20(24)23-22-13)11-10-14-6-5-7-15(21)12-14/h3-12H,1-2H3,(H,23,24)/b11-10+. The van der Waals surface area contributed by atoms with Crippen LogP contribution in [0.15, 0.2) is 53.3 Å². The van der Waals surface area contributed by atoms with Crippen molar-refractivity contribution in [2.24, 2.45) is 0 Å². The molecule has 4 nitrogen and oxygen atoms in total. The van der Waals surface area contributed by atoms with Crippen LogP contribution in [0.2, 0.25) is 0 Å². The minimum absolute atomic E-state index is 0.320. The van der Waals surface area contributed by atoms with Crippen LogP contribution in [0.4, 0.5) is 4.39 Å². The van der Waals surface area contributed by atoms with Gasteiger partial charge < -0.3 is 4.74 Å². The van der Waals surface area contributed by atoms with E-state index < -0.39 is 0 Å². The molecule has 0 amide bonds. The highest BCUT2D eigenvalue weighted by Crippen LogP contribution is 2.33. The van der Waals surface area contributed by atoms with Crippen molar-refractivity contribution in [2.75, 3.05) is 7.11 Å². The zero-order valence-corrected chi connectivity index (χ0v) is 13.9. The molecule has 2 aromatic carbocycles. The molecule has 0 aliphatic carbocycles. The van der Waals surface area contributed by atoms with Crippen molar-refractivity contribution in [3.8, 4) is 16.9 Å². The predicted octanol–water partition coefficient (Wildman–Crippen LogP) is 4.06. The third-order valence-corrected chi connectivity index (χ3v) is 3.87. The van der Waals surface area contributed by atoms with E-state index in [0.29, 0.717) is 28.1 Å². The monoisotopic (exact) mass is 336 g/mol. The number of hydrogen-bond acceptors (Lipinski definition) is 3. The second-order valence-corrected chi connectivity index (χ2v) is 5.52. The first-order valence-corrected chi connectivity index (χ1v) is 7.76. The maximum atomic E-state index is 13.4. The topological polar surface area (TPSA) is 55.0 Å². The molecule has 0 aliphatic rings. The Hall–Kier alpha value is -3.21. The van der Waals surface area contributed by atoms with Gasteiger partial charge in [-0.2, -0.15) is 5.10 Å². The van der Waals surface area contributed by atoms with Crippen molar-refractivity contribution in [3.05, 3.63) is 81.5 Å². The van der Waals surface area contributed by atoms with Crippen LogP contribution in [0.5, 0.6) is 5.75 Å². The van der Waals surface area contributed by atoms with Gasteiger partial charge in [-0.1, -0.05) is 36.4 Å². The number of nitrogens with zero attached hydrogens (tertiary/aromatic N) is 1. The Morgan fingerprint density at radius 3 is 2.68 bits per heavy atom. The van der Waals surface area contributed by atoms with E-state index >= 15 is 0 Å². The summed E-state index contributed by atoms with van der Waals surface area (Å²) >= 11 is 0. The van der Waals surface area contributed by atoms with Gasteiger partial charge in [-0.3, -0.25) is 4.79 Å². The maximum absolute atomic E-state index is 13.4. The molecule has 0 bridgehead atoms. The Morgan fingerprint density at radius 2 is 1.92 bits per heavy atom. The summed E-state index contributed by atoms with van der Waals surface area (Å²) < 4.78 is 18.8. The number of aryl methyl sites for hydroxylation is 1. The summed E-state index contributed by atoms with van der Waals surface area (Å²) in [6.45, 7) is 1.82. The average molecular weight is 336 g/mol. The number of hydrogen-bond donors (Lipinski definition) is 1. The molecule has 1 heterocycles. The van der Waals surface area contributed by atoms with Gasteiger partial charge in [-0.25, -0.2) is 9.49 Å². The molecule has 126 valence electrons. The van der Waals surface area contributed by atoms with E-state index in [1.54, 1.807) is 31.4 Å². The van der Waals surface area contributed by atoms with Gasteiger partial charge in [0.15, 0.2) is 0 Å². The Labute approximate surface area is 144 Å². The first-order chi connectivity index (χ1) is 12.1. The van der Waals surface area contributed by atoms with Crippen LogP contribution in [-0.4, -0.2) is 17.3 Å². The van der Waals surface area contributed by atoms with E-state index in [1.807, 2.05) is 31.2 Å². The molecular weight excluding hydrogens is 319 g/mol. The summed E-state index contributed by atoms with van der Waals surface area (Å²) in [4.78, 5) is 12.4. The van der Waals surface area contributed by atoms with Gasteiger partial charge in [0, 0.05) is 11.1 Å². The number of rotatable bonds is 4. The highest BCUT2D eigenvalue weighted by Gasteiger charge is 2.15. The number of benzene rings is 2. The minimum atomic E-state index is -0.327. The van der Waals surface area contributed by atoms with Crippen molar-refractivity contribution < 1.29 is 9.13 Å². The molecule has 1 N–H and O–H groups in total. The fourth-order valence-corrected chi connectivity index (χ4v) is 2.70. The molecule has 0 spiro atoms. The van der Waals surface area contributed by atoms with Crippen molar-refractivity contribution in [3.63, 3.8) is 0 Å². The summed E-state index contributed by atoms with van der Waals surface area (Å²) in [6.07, 6.45) is 3.37. The number of aromatic nitrogens is 2. The largest absolute Gasteiger partial charge is 0.496 e.